The van der Waals surface area contributed by atoms with E-state index in [0.717, 1.165) is 42.2 Å². The zero-order valence-electron chi connectivity index (χ0n) is 14.5. The Bertz CT molecular complexity index is 918. The van der Waals surface area contributed by atoms with Gasteiger partial charge in [0.1, 0.15) is 5.82 Å². The molecule has 0 saturated carbocycles. The maximum atomic E-state index is 12.8. The molecule has 4 rings (SSSR count). The number of hydrogen-bond acceptors (Lipinski definition) is 5. The van der Waals surface area contributed by atoms with Crippen molar-refractivity contribution in [2.45, 2.75) is 26.7 Å². The fourth-order valence-electron chi connectivity index (χ4n) is 3.56. The van der Waals surface area contributed by atoms with Crippen LogP contribution in [-0.4, -0.2) is 38.5 Å². The number of piperidine rings is 1. The van der Waals surface area contributed by atoms with Crippen molar-refractivity contribution in [3.05, 3.63) is 53.6 Å². The van der Waals surface area contributed by atoms with Gasteiger partial charge in [-0.3, -0.25) is 9.78 Å². The molecule has 1 aliphatic rings. The molecular formula is C19H21N5O. The average molecular weight is 335 g/mol. The largest absolute Gasteiger partial charge is 0.356 e. The van der Waals surface area contributed by atoms with E-state index in [1.807, 2.05) is 36.6 Å². The maximum Gasteiger partial charge on any atom is 0.169 e. The number of rotatable bonds is 3. The molecule has 3 aromatic heterocycles. The van der Waals surface area contributed by atoms with Crippen LogP contribution in [0.4, 0.5) is 5.82 Å². The highest BCUT2D eigenvalue weighted by atomic mass is 16.1. The number of pyridine rings is 1. The number of ketones is 1. The molecule has 0 spiro atoms. The first-order chi connectivity index (χ1) is 12.1. The standard InChI is InChI=1S/C19H21N5O/c1-13-10-18(24-17(21-13)9-14(2)22-24)23-8-4-6-16(12-23)19(25)15-5-3-7-20-11-15/h3,5,7,9-11,16H,4,6,8,12H2,1-2H3/t16-/m1/s1. The van der Waals surface area contributed by atoms with Gasteiger partial charge in [0.15, 0.2) is 11.4 Å². The van der Waals surface area contributed by atoms with Gasteiger partial charge in [-0.25, -0.2) is 4.98 Å². The second-order valence-electron chi connectivity index (χ2n) is 6.70. The summed E-state index contributed by atoms with van der Waals surface area (Å²) < 4.78 is 1.89. The second-order valence-corrected chi connectivity index (χ2v) is 6.70. The molecule has 0 radical (unpaired) electrons. The minimum Gasteiger partial charge on any atom is -0.356 e. The Balaban J connectivity index is 1.65. The molecule has 6 nitrogen and oxygen atoms in total. The first kappa shape index (κ1) is 15.7. The Morgan fingerprint density at radius 1 is 1.24 bits per heavy atom. The predicted octanol–water partition coefficient (Wildman–Crippen LogP) is 2.84. The number of anilines is 1. The van der Waals surface area contributed by atoms with E-state index in [1.54, 1.807) is 12.4 Å². The molecule has 0 aliphatic carbocycles. The Morgan fingerprint density at radius 3 is 2.92 bits per heavy atom. The van der Waals surface area contributed by atoms with Gasteiger partial charge in [0, 0.05) is 54.8 Å². The van der Waals surface area contributed by atoms with Crippen LogP contribution in [0.15, 0.2) is 36.7 Å². The lowest BCUT2D eigenvalue weighted by molar-refractivity contribution is 0.0906. The van der Waals surface area contributed by atoms with Gasteiger partial charge in [-0.1, -0.05) is 0 Å². The fraction of sp³-hybridized carbons (Fsp3) is 0.368. The zero-order chi connectivity index (χ0) is 17.4. The predicted molar refractivity (Wildman–Crippen MR) is 96.0 cm³/mol. The summed E-state index contributed by atoms with van der Waals surface area (Å²) >= 11 is 0. The SMILES string of the molecule is Cc1cc(N2CCC[C@@H](C(=O)c3cccnc3)C2)n2nc(C)cc2n1. The lowest BCUT2D eigenvalue weighted by Crippen LogP contribution is -2.40. The van der Waals surface area contributed by atoms with E-state index in [-0.39, 0.29) is 11.7 Å². The lowest BCUT2D eigenvalue weighted by atomic mass is 9.90. The summed E-state index contributed by atoms with van der Waals surface area (Å²) in [4.78, 5) is 23.7. The van der Waals surface area contributed by atoms with Crippen molar-refractivity contribution in [1.82, 2.24) is 19.6 Å². The summed E-state index contributed by atoms with van der Waals surface area (Å²) in [6.07, 6.45) is 5.25. The van der Waals surface area contributed by atoms with Crippen molar-refractivity contribution < 1.29 is 4.79 Å². The van der Waals surface area contributed by atoms with Crippen LogP contribution in [0.1, 0.15) is 34.6 Å². The lowest BCUT2D eigenvalue weighted by Gasteiger charge is -2.33. The van der Waals surface area contributed by atoms with Crippen LogP contribution in [0.25, 0.3) is 5.65 Å². The summed E-state index contributed by atoms with van der Waals surface area (Å²) in [5.41, 5.74) is 3.45. The average Bonchev–Trinajstić information content (AvgIpc) is 3.01. The van der Waals surface area contributed by atoms with E-state index in [1.165, 1.54) is 0 Å². The number of aromatic nitrogens is 4. The van der Waals surface area contributed by atoms with Crippen LogP contribution in [0.5, 0.6) is 0 Å². The molecule has 0 unspecified atom stereocenters. The fourth-order valence-corrected chi connectivity index (χ4v) is 3.56. The van der Waals surface area contributed by atoms with E-state index < -0.39 is 0 Å². The van der Waals surface area contributed by atoms with Crippen molar-refractivity contribution >= 4 is 17.2 Å². The normalized spacial score (nSPS) is 17.8. The van der Waals surface area contributed by atoms with Crippen LogP contribution < -0.4 is 4.90 Å². The topological polar surface area (TPSA) is 63.4 Å². The van der Waals surface area contributed by atoms with Crippen LogP contribution in [0.2, 0.25) is 0 Å². The molecule has 0 aromatic carbocycles. The molecular weight excluding hydrogens is 314 g/mol. The summed E-state index contributed by atoms with van der Waals surface area (Å²) in [6.45, 7) is 5.59. The Kier molecular flexibility index (Phi) is 3.95. The highest BCUT2D eigenvalue weighted by Crippen LogP contribution is 2.26. The van der Waals surface area contributed by atoms with E-state index in [0.29, 0.717) is 12.1 Å². The van der Waals surface area contributed by atoms with Gasteiger partial charge < -0.3 is 4.90 Å². The van der Waals surface area contributed by atoms with Gasteiger partial charge in [-0.05, 0) is 38.8 Å². The number of carbonyl (C=O) groups excluding carboxylic acids is 1. The quantitative estimate of drug-likeness (QED) is 0.689. The van der Waals surface area contributed by atoms with Gasteiger partial charge in [0.2, 0.25) is 0 Å². The molecule has 1 saturated heterocycles. The third-order valence-corrected chi connectivity index (χ3v) is 4.72. The monoisotopic (exact) mass is 335 g/mol. The molecule has 4 heterocycles. The van der Waals surface area contributed by atoms with Crippen molar-refractivity contribution in [3.8, 4) is 0 Å². The third-order valence-electron chi connectivity index (χ3n) is 4.72. The summed E-state index contributed by atoms with van der Waals surface area (Å²) in [5, 5.41) is 4.58. The van der Waals surface area contributed by atoms with E-state index in [2.05, 4.69) is 26.0 Å². The van der Waals surface area contributed by atoms with Crippen LogP contribution in [0, 0.1) is 19.8 Å². The highest BCUT2D eigenvalue weighted by molar-refractivity contribution is 5.98. The van der Waals surface area contributed by atoms with Crippen molar-refractivity contribution in [3.63, 3.8) is 0 Å². The first-order valence-electron chi connectivity index (χ1n) is 8.65. The van der Waals surface area contributed by atoms with Crippen molar-refractivity contribution in [2.24, 2.45) is 5.92 Å². The minimum atomic E-state index is -0.0156. The third kappa shape index (κ3) is 2.99. The molecule has 0 N–H and O–H groups in total. The summed E-state index contributed by atoms with van der Waals surface area (Å²) in [5.74, 6) is 1.17. The van der Waals surface area contributed by atoms with Gasteiger partial charge in [-0.15, -0.1) is 0 Å². The summed E-state index contributed by atoms with van der Waals surface area (Å²) in [6, 6.07) is 7.70. The molecule has 128 valence electrons. The number of hydrogen-bond donors (Lipinski definition) is 0. The molecule has 3 aromatic rings. The molecule has 25 heavy (non-hydrogen) atoms. The highest BCUT2D eigenvalue weighted by Gasteiger charge is 2.28. The van der Waals surface area contributed by atoms with Crippen LogP contribution in [0.3, 0.4) is 0 Å². The second kappa shape index (κ2) is 6.27. The Hall–Kier alpha value is -2.76. The molecule has 6 heteroatoms. The van der Waals surface area contributed by atoms with Gasteiger partial charge in [0.05, 0.1) is 5.69 Å². The summed E-state index contributed by atoms with van der Waals surface area (Å²) in [7, 11) is 0. The molecule has 1 atom stereocenters. The van der Waals surface area contributed by atoms with Crippen molar-refractivity contribution in [2.75, 3.05) is 18.0 Å². The molecule has 0 bridgehead atoms. The maximum absolute atomic E-state index is 12.8. The molecule has 1 aliphatic heterocycles. The van der Waals surface area contributed by atoms with E-state index in [4.69, 9.17) is 0 Å². The van der Waals surface area contributed by atoms with Gasteiger partial charge in [-0.2, -0.15) is 9.61 Å². The Labute approximate surface area is 146 Å². The smallest absolute Gasteiger partial charge is 0.169 e. The van der Waals surface area contributed by atoms with E-state index in [9.17, 15) is 4.79 Å². The number of carbonyl (C=O) groups is 1. The molecule has 0 amide bonds. The molecule has 1 fully saturated rings. The first-order valence-corrected chi connectivity index (χ1v) is 8.65. The number of aryl methyl sites for hydroxylation is 2. The van der Waals surface area contributed by atoms with Gasteiger partial charge in [0.25, 0.3) is 0 Å². The zero-order valence-corrected chi connectivity index (χ0v) is 14.5. The van der Waals surface area contributed by atoms with Gasteiger partial charge >= 0.3 is 0 Å². The Morgan fingerprint density at radius 2 is 2.12 bits per heavy atom. The number of Topliss-reactive ketones (excluding diaryl/α,β-unsaturated/α-hetero) is 1. The van der Waals surface area contributed by atoms with Crippen molar-refractivity contribution in [1.29, 1.82) is 0 Å². The number of fused-ring (bicyclic) bond motifs is 1. The van der Waals surface area contributed by atoms with Crippen LogP contribution >= 0.6 is 0 Å². The minimum absolute atomic E-state index is 0.0156. The van der Waals surface area contributed by atoms with Crippen LogP contribution in [-0.2, 0) is 0 Å². The van der Waals surface area contributed by atoms with E-state index >= 15 is 0 Å². The number of nitrogens with zero attached hydrogens (tertiary/aromatic N) is 5.